The molecule has 12 heavy (non-hydrogen) atoms. The standard InChI is InChI=1S/C10H9BrS/c1-8-4-5-9(3-2-6-12)7-10(8)11/h4-5,7,12H,6H2,1H3. The smallest absolute Gasteiger partial charge is 0.0521 e. The average molecular weight is 241 g/mol. The van der Waals surface area contributed by atoms with Gasteiger partial charge in [-0.15, -0.1) is 0 Å². The number of thiol groups is 1. The van der Waals surface area contributed by atoms with Crippen LogP contribution >= 0.6 is 28.6 Å². The van der Waals surface area contributed by atoms with E-state index in [9.17, 15) is 0 Å². The summed E-state index contributed by atoms with van der Waals surface area (Å²) in [6.45, 7) is 2.06. The molecule has 0 atom stereocenters. The third-order valence-corrected chi connectivity index (χ3v) is 2.50. The van der Waals surface area contributed by atoms with E-state index in [1.165, 1.54) is 5.56 Å². The molecule has 1 rings (SSSR count). The summed E-state index contributed by atoms with van der Waals surface area (Å²) in [5.41, 5.74) is 2.26. The highest BCUT2D eigenvalue weighted by molar-refractivity contribution is 9.10. The molecular weight excluding hydrogens is 232 g/mol. The highest BCUT2D eigenvalue weighted by Crippen LogP contribution is 2.16. The summed E-state index contributed by atoms with van der Waals surface area (Å²) in [5.74, 6) is 6.51. The predicted molar refractivity (Wildman–Crippen MR) is 59.6 cm³/mol. The van der Waals surface area contributed by atoms with Crippen molar-refractivity contribution in [2.45, 2.75) is 6.92 Å². The maximum absolute atomic E-state index is 4.01. The molecule has 0 unspecified atom stereocenters. The van der Waals surface area contributed by atoms with E-state index in [1.807, 2.05) is 18.2 Å². The van der Waals surface area contributed by atoms with Gasteiger partial charge in [0.15, 0.2) is 0 Å². The van der Waals surface area contributed by atoms with Crippen LogP contribution in [0.25, 0.3) is 0 Å². The van der Waals surface area contributed by atoms with Crippen molar-refractivity contribution in [3.05, 3.63) is 33.8 Å². The first-order valence-electron chi connectivity index (χ1n) is 3.60. The van der Waals surface area contributed by atoms with Gasteiger partial charge in [0.25, 0.3) is 0 Å². The molecule has 0 aliphatic heterocycles. The summed E-state index contributed by atoms with van der Waals surface area (Å²) >= 11 is 7.46. The lowest BCUT2D eigenvalue weighted by Crippen LogP contribution is -1.78. The normalized spacial score (nSPS) is 8.92. The van der Waals surface area contributed by atoms with E-state index in [0.29, 0.717) is 5.75 Å². The fraction of sp³-hybridized carbons (Fsp3) is 0.200. The highest BCUT2D eigenvalue weighted by Gasteiger charge is 1.93. The second kappa shape index (κ2) is 4.59. The zero-order valence-electron chi connectivity index (χ0n) is 6.76. The second-order valence-electron chi connectivity index (χ2n) is 2.42. The number of halogens is 1. The maximum Gasteiger partial charge on any atom is 0.0521 e. The van der Waals surface area contributed by atoms with Crippen LogP contribution in [0, 0.1) is 18.8 Å². The fourth-order valence-corrected chi connectivity index (χ4v) is 1.27. The van der Waals surface area contributed by atoms with Crippen molar-refractivity contribution < 1.29 is 0 Å². The summed E-state index contributed by atoms with van der Waals surface area (Å²) in [5, 5.41) is 0. The first-order chi connectivity index (χ1) is 5.74. The molecule has 0 heterocycles. The minimum absolute atomic E-state index is 0.603. The van der Waals surface area contributed by atoms with Gasteiger partial charge in [-0.1, -0.05) is 33.8 Å². The van der Waals surface area contributed by atoms with Crippen molar-refractivity contribution in [1.82, 2.24) is 0 Å². The Labute approximate surface area is 86.9 Å². The molecule has 0 N–H and O–H groups in total. The molecule has 0 aromatic heterocycles. The Morgan fingerprint density at radius 2 is 2.25 bits per heavy atom. The summed E-state index contributed by atoms with van der Waals surface area (Å²) < 4.78 is 1.11. The molecule has 0 spiro atoms. The number of benzene rings is 1. The van der Waals surface area contributed by atoms with Gasteiger partial charge in [-0.2, -0.15) is 12.6 Å². The van der Waals surface area contributed by atoms with E-state index >= 15 is 0 Å². The van der Waals surface area contributed by atoms with Crippen molar-refractivity contribution in [1.29, 1.82) is 0 Å². The van der Waals surface area contributed by atoms with Gasteiger partial charge >= 0.3 is 0 Å². The third kappa shape index (κ3) is 2.58. The minimum Gasteiger partial charge on any atom is -0.166 e. The number of hydrogen-bond acceptors (Lipinski definition) is 1. The minimum atomic E-state index is 0.603. The Hall–Kier alpha value is -0.390. The zero-order valence-corrected chi connectivity index (χ0v) is 9.24. The summed E-state index contributed by atoms with van der Waals surface area (Å²) in [7, 11) is 0. The number of hydrogen-bond donors (Lipinski definition) is 1. The van der Waals surface area contributed by atoms with Crippen molar-refractivity contribution >= 4 is 28.6 Å². The molecule has 0 nitrogen and oxygen atoms in total. The van der Waals surface area contributed by atoms with Gasteiger partial charge < -0.3 is 0 Å². The van der Waals surface area contributed by atoms with Crippen molar-refractivity contribution in [2.24, 2.45) is 0 Å². The Balaban J connectivity index is 2.97. The number of rotatable bonds is 0. The van der Waals surface area contributed by atoms with E-state index < -0.39 is 0 Å². The zero-order chi connectivity index (χ0) is 8.97. The summed E-state index contributed by atoms with van der Waals surface area (Å²) in [4.78, 5) is 0. The molecule has 0 radical (unpaired) electrons. The molecule has 62 valence electrons. The van der Waals surface area contributed by atoms with E-state index in [4.69, 9.17) is 0 Å². The molecular formula is C10H9BrS. The lowest BCUT2D eigenvalue weighted by atomic mass is 10.2. The monoisotopic (exact) mass is 240 g/mol. The van der Waals surface area contributed by atoms with Crippen molar-refractivity contribution in [3.8, 4) is 11.8 Å². The Morgan fingerprint density at radius 1 is 1.50 bits per heavy atom. The summed E-state index contributed by atoms with van der Waals surface area (Å²) in [6, 6.07) is 6.08. The van der Waals surface area contributed by atoms with E-state index in [0.717, 1.165) is 10.0 Å². The fourth-order valence-electron chi connectivity index (χ4n) is 0.812. The molecule has 1 aromatic rings. The van der Waals surface area contributed by atoms with Crippen LogP contribution < -0.4 is 0 Å². The topological polar surface area (TPSA) is 0 Å². The molecule has 0 saturated carbocycles. The van der Waals surface area contributed by atoms with Gasteiger partial charge in [0.1, 0.15) is 0 Å². The van der Waals surface area contributed by atoms with Gasteiger partial charge in [0.05, 0.1) is 5.75 Å². The van der Waals surface area contributed by atoms with Gasteiger partial charge in [0, 0.05) is 10.0 Å². The third-order valence-electron chi connectivity index (χ3n) is 1.48. The highest BCUT2D eigenvalue weighted by atomic mass is 79.9. The Kier molecular flexibility index (Phi) is 3.71. The van der Waals surface area contributed by atoms with Gasteiger partial charge in [-0.25, -0.2) is 0 Å². The molecule has 0 bridgehead atoms. The molecule has 1 aromatic carbocycles. The van der Waals surface area contributed by atoms with Crippen LogP contribution in [0.4, 0.5) is 0 Å². The van der Waals surface area contributed by atoms with Crippen LogP contribution in [-0.4, -0.2) is 5.75 Å². The number of aryl methyl sites for hydroxylation is 1. The maximum atomic E-state index is 4.01. The van der Waals surface area contributed by atoms with Crippen LogP contribution in [0.5, 0.6) is 0 Å². The van der Waals surface area contributed by atoms with Crippen LogP contribution in [0.2, 0.25) is 0 Å². The molecule has 0 aliphatic carbocycles. The van der Waals surface area contributed by atoms with Gasteiger partial charge in [-0.05, 0) is 24.6 Å². The largest absolute Gasteiger partial charge is 0.166 e. The Morgan fingerprint density at radius 3 is 2.83 bits per heavy atom. The SMILES string of the molecule is Cc1ccc(C#CCS)cc1Br. The lowest BCUT2D eigenvalue weighted by Gasteiger charge is -1.96. The first-order valence-corrected chi connectivity index (χ1v) is 5.02. The average Bonchev–Trinajstić information content (AvgIpc) is 2.07. The van der Waals surface area contributed by atoms with Crippen LogP contribution in [0.15, 0.2) is 22.7 Å². The van der Waals surface area contributed by atoms with Crippen LogP contribution in [0.3, 0.4) is 0 Å². The quantitative estimate of drug-likeness (QED) is 0.523. The van der Waals surface area contributed by atoms with E-state index in [1.54, 1.807) is 0 Å². The molecule has 0 amide bonds. The molecule has 0 fully saturated rings. The van der Waals surface area contributed by atoms with Crippen LogP contribution in [0.1, 0.15) is 11.1 Å². The molecule has 0 aliphatic rings. The van der Waals surface area contributed by atoms with E-state index in [-0.39, 0.29) is 0 Å². The Bertz CT molecular complexity index is 333. The predicted octanol–water partition coefficient (Wildman–Crippen LogP) is 3.04. The van der Waals surface area contributed by atoms with Crippen LogP contribution in [-0.2, 0) is 0 Å². The van der Waals surface area contributed by atoms with Gasteiger partial charge in [0.2, 0.25) is 0 Å². The summed E-state index contributed by atoms with van der Waals surface area (Å²) in [6.07, 6.45) is 0. The first kappa shape index (κ1) is 9.70. The van der Waals surface area contributed by atoms with Crippen molar-refractivity contribution in [3.63, 3.8) is 0 Å². The molecule has 2 heteroatoms. The molecule has 0 saturated heterocycles. The van der Waals surface area contributed by atoms with Gasteiger partial charge in [-0.3, -0.25) is 0 Å². The van der Waals surface area contributed by atoms with E-state index in [2.05, 4.69) is 47.3 Å². The lowest BCUT2D eigenvalue weighted by molar-refractivity contribution is 1.42. The second-order valence-corrected chi connectivity index (χ2v) is 3.59. The van der Waals surface area contributed by atoms with Crippen molar-refractivity contribution in [2.75, 3.05) is 5.75 Å².